The van der Waals surface area contributed by atoms with Gasteiger partial charge in [-0.2, -0.15) is 8.42 Å². The van der Waals surface area contributed by atoms with Gasteiger partial charge in [-0.05, 0) is 37.6 Å². The summed E-state index contributed by atoms with van der Waals surface area (Å²) in [5.74, 6) is -0.179. The standard InChI is InChI=1S/C13H18ClNO2.C6H6O3S/c14-12-7-4-3-6-11(12)10-17-13(16)8-2-1-5-9-15;7-10(8,9)6-4-2-1-3-5-6/h3-4,6-7H,1-2,5,8-10,15H2;1-5H,(H,7,8,9). The summed E-state index contributed by atoms with van der Waals surface area (Å²) in [4.78, 5) is 11.3. The van der Waals surface area contributed by atoms with Gasteiger partial charge in [-0.1, -0.05) is 54.4 Å². The average molecular weight is 414 g/mol. The first kappa shape index (κ1) is 23.1. The smallest absolute Gasteiger partial charge is 0.306 e. The van der Waals surface area contributed by atoms with Gasteiger partial charge in [0.2, 0.25) is 0 Å². The minimum atomic E-state index is -4.00. The predicted octanol–water partition coefficient (Wildman–Crippen LogP) is 3.84. The Bertz CT molecular complexity index is 797. The first-order chi connectivity index (χ1) is 12.8. The van der Waals surface area contributed by atoms with Gasteiger partial charge in [-0.3, -0.25) is 9.35 Å². The summed E-state index contributed by atoms with van der Waals surface area (Å²) in [7, 11) is -4.00. The molecule has 2 aromatic carbocycles. The van der Waals surface area contributed by atoms with Crippen LogP contribution in [0.25, 0.3) is 0 Å². The van der Waals surface area contributed by atoms with Crippen LogP contribution < -0.4 is 5.73 Å². The van der Waals surface area contributed by atoms with E-state index in [1.165, 1.54) is 12.1 Å². The molecule has 0 aromatic heterocycles. The highest BCUT2D eigenvalue weighted by Gasteiger charge is 2.06. The van der Waals surface area contributed by atoms with Crippen molar-refractivity contribution in [3.05, 3.63) is 65.2 Å². The molecule has 0 spiro atoms. The molecule has 0 aliphatic rings. The fourth-order valence-corrected chi connectivity index (χ4v) is 2.72. The largest absolute Gasteiger partial charge is 0.461 e. The number of hydrogen-bond donors (Lipinski definition) is 2. The molecule has 0 aliphatic carbocycles. The van der Waals surface area contributed by atoms with E-state index in [1.54, 1.807) is 24.3 Å². The number of unbranched alkanes of at least 4 members (excludes halogenated alkanes) is 2. The maximum absolute atomic E-state index is 11.4. The summed E-state index contributed by atoms with van der Waals surface area (Å²) in [6.45, 7) is 0.921. The maximum atomic E-state index is 11.4. The van der Waals surface area contributed by atoms with Crippen molar-refractivity contribution < 1.29 is 22.5 Å². The molecular weight excluding hydrogens is 390 g/mol. The lowest BCUT2D eigenvalue weighted by Gasteiger charge is -2.06. The molecule has 0 saturated heterocycles. The van der Waals surface area contributed by atoms with Crippen LogP contribution in [0, 0.1) is 0 Å². The molecule has 27 heavy (non-hydrogen) atoms. The number of nitrogens with two attached hydrogens (primary N) is 1. The quantitative estimate of drug-likeness (QED) is 0.387. The highest BCUT2D eigenvalue weighted by atomic mass is 35.5. The minimum absolute atomic E-state index is 0.0741. The fraction of sp³-hybridized carbons (Fsp3) is 0.316. The second-order valence-corrected chi connectivity index (χ2v) is 7.47. The summed E-state index contributed by atoms with van der Waals surface area (Å²) >= 11 is 5.95. The number of rotatable bonds is 8. The highest BCUT2D eigenvalue weighted by Crippen LogP contribution is 2.16. The van der Waals surface area contributed by atoms with E-state index in [1.807, 2.05) is 18.2 Å². The van der Waals surface area contributed by atoms with Crippen molar-refractivity contribution >= 4 is 27.7 Å². The molecule has 0 radical (unpaired) electrons. The van der Waals surface area contributed by atoms with Crippen molar-refractivity contribution in [2.75, 3.05) is 6.54 Å². The molecule has 2 rings (SSSR count). The molecule has 8 heteroatoms. The first-order valence-corrected chi connectivity index (χ1v) is 10.3. The molecule has 148 valence electrons. The Balaban J connectivity index is 0.000000309. The number of esters is 1. The number of benzene rings is 2. The molecule has 0 bridgehead atoms. The van der Waals surface area contributed by atoms with Crippen LogP contribution in [-0.2, 0) is 26.3 Å². The Morgan fingerprint density at radius 1 is 1.00 bits per heavy atom. The molecule has 3 N–H and O–H groups in total. The zero-order valence-corrected chi connectivity index (χ0v) is 16.5. The van der Waals surface area contributed by atoms with Crippen LogP contribution in [0.3, 0.4) is 0 Å². The highest BCUT2D eigenvalue weighted by molar-refractivity contribution is 7.85. The molecule has 0 amide bonds. The number of hydrogen-bond acceptors (Lipinski definition) is 5. The van der Waals surface area contributed by atoms with Crippen molar-refractivity contribution in [2.24, 2.45) is 5.73 Å². The summed E-state index contributed by atoms with van der Waals surface area (Å²) < 4.78 is 34.4. The lowest BCUT2D eigenvalue weighted by atomic mass is 10.2. The topological polar surface area (TPSA) is 107 Å². The van der Waals surface area contributed by atoms with Crippen LogP contribution in [0.1, 0.15) is 31.2 Å². The Morgan fingerprint density at radius 3 is 2.19 bits per heavy atom. The van der Waals surface area contributed by atoms with Crippen LogP contribution in [0.15, 0.2) is 59.5 Å². The number of ether oxygens (including phenoxy) is 1. The lowest BCUT2D eigenvalue weighted by molar-refractivity contribution is -0.145. The van der Waals surface area contributed by atoms with E-state index in [4.69, 9.17) is 26.6 Å². The van der Waals surface area contributed by atoms with Crippen molar-refractivity contribution in [1.29, 1.82) is 0 Å². The molecule has 0 aliphatic heterocycles. The van der Waals surface area contributed by atoms with E-state index in [-0.39, 0.29) is 17.5 Å². The molecule has 0 unspecified atom stereocenters. The zero-order valence-electron chi connectivity index (χ0n) is 14.9. The van der Waals surface area contributed by atoms with Crippen LogP contribution in [0.4, 0.5) is 0 Å². The van der Waals surface area contributed by atoms with Gasteiger partial charge in [0.05, 0.1) is 4.90 Å². The average Bonchev–Trinajstić information content (AvgIpc) is 2.65. The fourth-order valence-electron chi connectivity index (χ4n) is 2.03. The van der Waals surface area contributed by atoms with Gasteiger partial charge in [0.25, 0.3) is 10.1 Å². The van der Waals surface area contributed by atoms with Gasteiger partial charge < -0.3 is 10.5 Å². The van der Waals surface area contributed by atoms with E-state index < -0.39 is 10.1 Å². The van der Waals surface area contributed by atoms with Crippen LogP contribution in [0.5, 0.6) is 0 Å². The SMILES string of the molecule is NCCCCCC(=O)OCc1ccccc1Cl.O=S(=O)(O)c1ccccc1. The van der Waals surface area contributed by atoms with E-state index >= 15 is 0 Å². The molecule has 0 saturated carbocycles. The van der Waals surface area contributed by atoms with E-state index in [2.05, 4.69) is 0 Å². The number of carbonyl (C=O) groups is 1. The van der Waals surface area contributed by atoms with E-state index in [9.17, 15) is 13.2 Å². The van der Waals surface area contributed by atoms with Crippen LogP contribution in [0.2, 0.25) is 5.02 Å². The second-order valence-electron chi connectivity index (χ2n) is 5.64. The summed E-state index contributed by atoms with van der Waals surface area (Å²) in [6, 6.07) is 14.8. The van der Waals surface area contributed by atoms with Gasteiger partial charge >= 0.3 is 5.97 Å². The third kappa shape index (κ3) is 10.1. The normalized spacial score (nSPS) is 10.6. The van der Waals surface area contributed by atoms with Crippen molar-refractivity contribution in [2.45, 2.75) is 37.2 Å². The molecule has 0 atom stereocenters. The number of halogens is 1. The maximum Gasteiger partial charge on any atom is 0.306 e. The Kier molecular flexibility index (Phi) is 10.7. The van der Waals surface area contributed by atoms with Gasteiger partial charge in [0.1, 0.15) is 6.61 Å². The Labute approximate surface area is 165 Å². The van der Waals surface area contributed by atoms with Crippen LogP contribution >= 0.6 is 11.6 Å². The molecule has 6 nitrogen and oxygen atoms in total. The Hall–Kier alpha value is -1.93. The Morgan fingerprint density at radius 2 is 1.63 bits per heavy atom. The van der Waals surface area contributed by atoms with Gasteiger partial charge in [0.15, 0.2) is 0 Å². The zero-order chi connectivity index (χ0) is 20.1. The third-order valence-electron chi connectivity index (χ3n) is 3.47. The number of carbonyl (C=O) groups excluding carboxylic acids is 1. The monoisotopic (exact) mass is 413 g/mol. The van der Waals surface area contributed by atoms with Gasteiger partial charge in [0, 0.05) is 17.0 Å². The van der Waals surface area contributed by atoms with Crippen molar-refractivity contribution in [3.63, 3.8) is 0 Å². The van der Waals surface area contributed by atoms with Crippen molar-refractivity contribution in [3.8, 4) is 0 Å². The van der Waals surface area contributed by atoms with E-state index in [0.29, 0.717) is 18.0 Å². The van der Waals surface area contributed by atoms with Crippen molar-refractivity contribution in [1.82, 2.24) is 0 Å². The molecule has 0 fully saturated rings. The molecule has 0 heterocycles. The molecule has 2 aromatic rings. The van der Waals surface area contributed by atoms with Crippen LogP contribution in [-0.4, -0.2) is 25.5 Å². The third-order valence-corrected chi connectivity index (χ3v) is 4.71. The lowest BCUT2D eigenvalue weighted by Crippen LogP contribution is -2.05. The summed E-state index contributed by atoms with van der Waals surface area (Å²) in [5, 5.41) is 0.628. The first-order valence-electron chi connectivity index (χ1n) is 8.46. The second kappa shape index (κ2) is 12.5. The van der Waals surface area contributed by atoms with Gasteiger partial charge in [-0.15, -0.1) is 0 Å². The molecular formula is C19H24ClNO5S. The summed E-state index contributed by atoms with van der Waals surface area (Å²) in [6.07, 6.45) is 3.21. The minimum Gasteiger partial charge on any atom is -0.461 e. The van der Waals surface area contributed by atoms with E-state index in [0.717, 1.165) is 24.8 Å². The predicted molar refractivity (Wildman–Crippen MR) is 105 cm³/mol. The summed E-state index contributed by atoms with van der Waals surface area (Å²) in [5.41, 5.74) is 6.20. The van der Waals surface area contributed by atoms with Gasteiger partial charge in [-0.25, -0.2) is 0 Å².